The maximum absolute atomic E-state index is 9.80. The lowest BCUT2D eigenvalue weighted by atomic mass is 10.2. The highest BCUT2D eigenvalue weighted by Gasteiger charge is 2.16. The van der Waals surface area contributed by atoms with E-state index in [1.54, 1.807) is 11.3 Å². The minimum Gasteiger partial charge on any atom is -0.386 e. The van der Waals surface area contributed by atoms with Crippen molar-refractivity contribution in [1.82, 2.24) is 10.3 Å². The summed E-state index contributed by atoms with van der Waals surface area (Å²) in [4.78, 5) is 5.43. The van der Waals surface area contributed by atoms with Crippen LogP contribution in [0.4, 0.5) is 0 Å². The average molecular weight is 214 g/mol. The minimum absolute atomic E-state index is 0.426. The molecular formula is C10H18N2OS. The Labute approximate surface area is 89.2 Å². The number of aromatic nitrogens is 1. The van der Waals surface area contributed by atoms with Crippen LogP contribution in [0.1, 0.15) is 41.4 Å². The molecule has 0 aliphatic rings. The Morgan fingerprint density at radius 1 is 1.50 bits per heavy atom. The number of nitrogens with zero attached hydrogens (tertiary/aromatic N) is 1. The van der Waals surface area contributed by atoms with E-state index >= 15 is 0 Å². The van der Waals surface area contributed by atoms with Crippen LogP contribution in [0.5, 0.6) is 0 Å². The minimum atomic E-state index is -0.426. The van der Waals surface area contributed by atoms with Crippen LogP contribution in [0, 0.1) is 6.92 Å². The van der Waals surface area contributed by atoms with Gasteiger partial charge in [-0.15, -0.1) is 11.3 Å². The highest BCUT2D eigenvalue weighted by atomic mass is 32.1. The summed E-state index contributed by atoms with van der Waals surface area (Å²) in [6.07, 6.45) is -0.426. The van der Waals surface area contributed by atoms with Gasteiger partial charge in [0.15, 0.2) is 0 Å². The molecule has 1 aromatic heterocycles. The standard InChI is InChI=1S/C10H18N2OS/c1-6(2)10-12-7(3)9(14-10)8(13)5-11-4/h6,8,11,13H,5H2,1-4H3. The summed E-state index contributed by atoms with van der Waals surface area (Å²) in [7, 11) is 1.84. The summed E-state index contributed by atoms with van der Waals surface area (Å²) in [6.45, 7) is 6.77. The lowest BCUT2D eigenvalue weighted by molar-refractivity contribution is 0.180. The zero-order valence-corrected chi connectivity index (χ0v) is 9.98. The van der Waals surface area contributed by atoms with Gasteiger partial charge < -0.3 is 10.4 Å². The molecule has 0 spiro atoms. The molecule has 1 unspecified atom stereocenters. The maximum atomic E-state index is 9.80. The molecule has 0 saturated heterocycles. The van der Waals surface area contributed by atoms with Crippen molar-refractivity contribution in [2.75, 3.05) is 13.6 Å². The molecule has 1 heterocycles. The molecule has 0 bridgehead atoms. The van der Waals surface area contributed by atoms with E-state index in [4.69, 9.17) is 0 Å². The Bertz CT molecular complexity index is 296. The molecule has 0 aliphatic carbocycles. The fourth-order valence-corrected chi connectivity index (χ4v) is 2.33. The van der Waals surface area contributed by atoms with Crippen LogP contribution in [-0.4, -0.2) is 23.7 Å². The van der Waals surface area contributed by atoms with Crippen LogP contribution >= 0.6 is 11.3 Å². The van der Waals surface area contributed by atoms with Crippen molar-refractivity contribution < 1.29 is 5.11 Å². The van der Waals surface area contributed by atoms with Crippen LogP contribution in [0.3, 0.4) is 0 Å². The lowest BCUT2D eigenvalue weighted by Crippen LogP contribution is -2.16. The summed E-state index contributed by atoms with van der Waals surface area (Å²) in [5.74, 6) is 0.439. The van der Waals surface area contributed by atoms with Crippen molar-refractivity contribution >= 4 is 11.3 Å². The van der Waals surface area contributed by atoms with Crippen LogP contribution in [-0.2, 0) is 0 Å². The van der Waals surface area contributed by atoms with Crippen LogP contribution in [0.2, 0.25) is 0 Å². The number of hydrogen-bond acceptors (Lipinski definition) is 4. The van der Waals surface area contributed by atoms with Gasteiger partial charge in [0.05, 0.1) is 15.6 Å². The second-order valence-electron chi connectivity index (χ2n) is 3.73. The van der Waals surface area contributed by atoms with Crippen molar-refractivity contribution in [3.8, 4) is 0 Å². The summed E-state index contributed by atoms with van der Waals surface area (Å²) >= 11 is 1.61. The Kier molecular flexibility index (Phi) is 4.04. The second-order valence-corrected chi connectivity index (χ2v) is 4.79. The Hall–Kier alpha value is -0.450. The molecule has 1 atom stereocenters. The third kappa shape index (κ3) is 2.53. The first-order valence-electron chi connectivity index (χ1n) is 4.86. The van der Waals surface area contributed by atoms with Crippen molar-refractivity contribution in [1.29, 1.82) is 0 Å². The molecule has 14 heavy (non-hydrogen) atoms. The number of thiazole rings is 1. The van der Waals surface area contributed by atoms with E-state index in [0.29, 0.717) is 12.5 Å². The van der Waals surface area contributed by atoms with Gasteiger partial charge in [-0.3, -0.25) is 0 Å². The van der Waals surface area contributed by atoms with E-state index in [9.17, 15) is 5.11 Å². The Balaban J connectivity index is 2.86. The van der Waals surface area contributed by atoms with Gasteiger partial charge in [-0.25, -0.2) is 4.98 Å². The van der Waals surface area contributed by atoms with Crippen molar-refractivity contribution in [2.24, 2.45) is 0 Å². The molecule has 0 aliphatic heterocycles. The van der Waals surface area contributed by atoms with Crippen molar-refractivity contribution in [3.63, 3.8) is 0 Å². The highest BCUT2D eigenvalue weighted by molar-refractivity contribution is 7.11. The molecular weight excluding hydrogens is 196 g/mol. The number of hydrogen-bond donors (Lipinski definition) is 2. The highest BCUT2D eigenvalue weighted by Crippen LogP contribution is 2.28. The molecule has 3 nitrogen and oxygen atoms in total. The number of rotatable bonds is 4. The van der Waals surface area contributed by atoms with E-state index in [-0.39, 0.29) is 0 Å². The molecule has 4 heteroatoms. The summed E-state index contributed by atoms with van der Waals surface area (Å²) < 4.78 is 0. The molecule has 80 valence electrons. The summed E-state index contributed by atoms with van der Waals surface area (Å²) in [5, 5.41) is 13.9. The summed E-state index contributed by atoms with van der Waals surface area (Å²) in [5.41, 5.74) is 0.960. The second kappa shape index (κ2) is 4.87. The number of aryl methyl sites for hydroxylation is 1. The normalized spacial score (nSPS) is 13.6. The lowest BCUT2D eigenvalue weighted by Gasteiger charge is -2.07. The predicted molar refractivity (Wildman–Crippen MR) is 59.8 cm³/mol. The molecule has 0 amide bonds. The van der Waals surface area contributed by atoms with Gasteiger partial charge in [0.2, 0.25) is 0 Å². The van der Waals surface area contributed by atoms with Crippen LogP contribution in [0.25, 0.3) is 0 Å². The first-order valence-corrected chi connectivity index (χ1v) is 5.67. The Morgan fingerprint density at radius 2 is 2.14 bits per heavy atom. The van der Waals surface area contributed by atoms with Gasteiger partial charge in [0.1, 0.15) is 6.10 Å². The molecule has 1 rings (SSSR count). The molecule has 0 fully saturated rings. The van der Waals surface area contributed by atoms with Gasteiger partial charge in [-0.1, -0.05) is 13.8 Å². The fourth-order valence-electron chi connectivity index (χ4n) is 1.27. The molecule has 0 aromatic carbocycles. The number of aliphatic hydroxyl groups excluding tert-OH is 1. The third-order valence-electron chi connectivity index (χ3n) is 2.04. The topological polar surface area (TPSA) is 45.1 Å². The van der Waals surface area contributed by atoms with E-state index in [0.717, 1.165) is 15.6 Å². The van der Waals surface area contributed by atoms with E-state index in [2.05, 4.69) is 24.1 Å². The predicted octanol–water partition coefficient (Wildman–Crippen LogP) is 1.83. The maximum Gasteiger partial charge on any atom is 0.102 e. The number of nitrogens with one attached hydrogen (secondary N) is 1. The quantitative estimate of drug-likeness (QED) is 0.803. The van der Waals surface area contributed by atoms with Crippen molar-refractivity contribution in [2.45, 2.75) is 32.8 Å². The average Bonchev–Trinajstić information content (AvgIpc) is 2.48. The molecule has 2 N–H and O–H groups in total. The monoisotopic (exact) mass is 214 g/mol. The first-order chi connectivity index (χ1) is 6.56. The van der Waals surface area contributed by atoms with Crippen LogP contribution in [0.15, 0.2) is 0 Å². The fraction of sp³-hybridized carbons (Fsp3) is 0.700. The van der Waals surface area contributed by atoms with E-state index in [1.807, 2.05) is 14.0 Å². The number of likely N-dealkylation sites (N-methyl/N-ethyl adjacent to an activating group) is 1. The molecule has 0 saturated carbocycles. The summed E-state index contributed by atoms with van der Waals surface area (Å²) in [6, 6.07) is 0. The zero-order chi connectivity index (χ0) is 10.7. The van der Waals surface area contributed by atoms with Gasteiger partial charge >= 0.3 is 0 Å². The first kappa shape index (κ1) is 11.6. The molecule has 0 radical (unpaired) electrons. The van der Waals surface area contributed by atoms with E-state index in [1.165, 1.54) is 0 Å². The smallest absolute Gasteiger partial charge is 0.102 e. The van der Waals surface area contributed by atoms with E-state index < -0.39 is 6.10 Å². The zero-order valence-electron chi connectivity index (χ0n) is 9.16. The van der Waals surface area contributed by atoms with Crippen molar-refractivity contribution in [3.05, 3.63) is 15.6 Å². The van der Waals surface area contributed by atoms with Gasteiger partial charge in [0.25, 0.3) is 0 Å². The SMILES string of the molecule is CNCC(O)c1sc(C(C)C)nc1C. The van der Waals surface area contributed by atoms with Crippen LogP contribution < -0.4 is 5.32 Å². The van der Waals surface area contributed by atoms with Gasteiger partial charge in [-0.05, 0) is 14.0 Å². The molecule has 1 aromatic rings. The van der Waals surface area contributed by atoms with Gasteiger partial charge in [0, 0.05) is 12.5 Å². The Morgan fingerprint density at radius 3 is 2.57 bits per heavy atom. The largest absolute Gasteiger partial charge is 0.386 e. The number of aliphatic hydroxyl groups is 1. The third-order valence-corrected chi connectivity index (χ3v) is 3.60. The van der Waals surface area contributed by atoms with Gasteiger partial charge in [-0.2, -0.15) is 0 Å².